The van der Waals surface area contributed by atoms with Gasteiger partial charge in [-0.1, -0.05) is 0 Å². The van der Waals surface area contributed by atoms with Crippen molar-refractivity contribution < 1.29 is 17.9 Å². The molecular formula is C7H10N2O4S. The topological polar surface area (TPSA) is 89.1 Å². The summed E-state index contributed by atoms with van der Waals surface area (Å²) in [4.78, 5) is 11.1. The van der Waals surface area contributed by atoms with Gasteiger partial charge in [-0.2, -0.15) is 5.10 Å². The van der Waals surface area contributed by atoms with Crippen LogP contribution in [-0.2, 0) is 14.6 Å². The van der Waals surface area contributed by atoms with Gasteiger partial charge in [0, 0.05) is 12.3 Å². The highest BCUT2D eigenvalue weighted by atomic mass is 32.2. The molecule has 78 valence electrons. The molecule has 0 aromatic carbocycles. The lowest BCUT2D eigenvalue weighted by Gasteiger charge is -1.94. The normalized spacial score (nSPS) is 11.3. The van der Waals surface area contributed by atoms with E-state index >= 15 is 0 Å². The van der Waals surface area contributed by atoms with Crippen molar-refractivity contribution in [2.75, 3.05) is 12.9 Å². The Morgan fingerprint density at radius 2 is 2.29 bits per heavy atom. The first-order chi connectivity index (χ1) is 6.45. The number of carbonyl (C=O) groups is 1. The number of aromatic amines is 1. The van der Waals surface area contributed by atoms with E-state index in [1.54, 1.807) is 6.92 Å². The minimum Gasteiger partial charge on any atom is -0.461 e. The minimum absolute atomic E-state index is 0.0349. The van der Waals surface area contributed by atoms with Gasteiger partial charge in [0.05, 0.1) is 6.61 Å². The van der Waals surface area contributed by atoms with E-state index in [9.17, 15) is 13.2 Å². The Kier molecular flexibility index (Phi) is 2.90. The molecule has 0 bridgehead atoms. The molecule has 0 amide bonds. The van der Waals surface area contributed by atoms with E-state index in [1.165, 1.54) is 0 Å². The summed E-state index contributed by atoms with van der Waals surface area (Å²) in [6, 6.07) is 1.15. The Hall–Kier alpha value is -1.37. The third-order valence-corrected chi connectivity index (χ3v) is 2.45. The van der Waals surface area contributed by atoms with E-state index in [4.69, 9.17) is 0 Å². The molecule has 1 aromatic heterocycles. The summed E-state index contributed by atoms with van der Waals surface area (Å²) in [6.07, 6.45) is 1.02. The number of hydrogen-bond donors (Lipinski definition) is 1. The van der Waals surface area contributed by atoms with Crippen LogP contribution in [-0.4, -0.2) is 37.4 Å². The van der Waals surface area contributed by atoms with Crippen molar-refractivity contribution in [3.05, 3.63) is 11.8 Å². The molecule has 1 heterocycles. The fraction of sp³-hybridized carbons (Fsp3) is 0.429. The van der Waals surface area contributed by atoms with E-state index in [0.717, 1.165) is 12.3 Å². The highest BCUT2D eigenvalue weighted by Crippen LogP contribution is 2.07. The number of rotatable bonds is 3. The van der Waals surface area contributed by atoms with Crippen molar-refractivity contribution in [3.63, 3.8) is 0 Å². The van der Waals surface area contributed by atoms with Crippen LogP contribution >= 0.6 is 0 Å². The molecule has 0 aliphatic rings. The molecule has 0 saturated heterocycles. The third-order valence-electron chi connectivity index (χ3n) is 1.44. The number of nitrogens with zero attached hydrogens (tertiary/aromatic N) is 1. The second kappa shape index (κ2) is 3.79. The number of esters is 1. The summed E-state index contributed by atoms with van der Waals surface area (Å²) in [7, 11) is -3.36. The fourth-order valence-corrected chi connectivity index (χ4v) is 1.34. The molecule has 0 fully saturated rings. The summed E-state index contributed by atoms with van der Waals surface area (Å²) < 4.78 is 26.6. The molecule has 0 saturated carbocycles. The maximum atomic E-state index is 11.1. The van der Waals surface area contributed by atoms with Crippen LogP contribution in [0.25, 0.3) is 0 Å². The molecule has 1 rings (SSSR count). The van der Waals surface area contributed by atoms with Crippen LogP contribution in [0.2, 0.25) is 0 Å². The van der Waals surface area contributed by atoms with Gasteiger partial charge in [0.2, 0.25) is 0 Å². The first-order valence-corrected chi connectivity index (χ1v) is 5.77. The second-order valence-electron chi connectivity index (χ2n) is 2.61. The number of aromatic nitrogens is 2. The molecular weight excluding hydrogens is 208 g/mol. The Labute approximate surface area is 81.2 Å². The Bertz CT molecular complexity index is 434. The highest BCUT2D eigenvalue weighted by molar-refractivity contribution is 7.90. The Balaban J connectivity index is 2.94. The van der Waals surface area contributed by atoms with Crippen molar-refractivity contribution in [1.29, 1.82) is 0 Å². The van der Waals surface area contributed by atoms with Crippen LogP contribution in [0.5, 0.6) is 0 Å². The van der Waals surface area contributed by atoms with Crippen LogP contribution in [0.4, 0.5) is 0 Å². The van der Waals surface area contributed by atoms with Gasteiger partial charge in [-0.25, -0.2) is 13.2 Å². The van der Waals surface area contributed by atoms with Gasteiger partial charge in [0.15, 0.2) is 20.6 Å². The van der Waals surface area contributed by atoms with Gasteiger partial charge in [-0.15, -0.1) is 0 Å². The monoisotopic (exact) mass is 218 g/mol. The van der Waals surface area contributed by atoms with Crippen LogP contribution in [0.15, 0.2) is 11.1 Å². The lowest BCUT2D eigenvalue weighted by atomic mass is 10.4. The molecule has 0 unspecified atom stereocenters. The SMILES string of the molecule is CCOC(=O)c1cc(S(C)(=O)=O)[nH]n1. The zero-order valence-corrected chi connectivity index (χ0v) is 8.59. The van der Waals surface area contributed by atoms with Gasteiger partial charge in [0.25, 0.3) is 0 Å². The molecule has 14 heavy (non-hydrogen) atoms. The average Bonchev–Trinajstić information content (AvgIpc) is 2.51. The Morgan fingerprint density at radius 1 is 1.64 bits per heavy atom. The summed E-state index contributed by atoms with van der Waals surface area (Å²) in [6.45, 7) is 1.88. The molecule has 0 atom stereocenters. The summed E-state index contributed by atoms with van der Waals surface area (Å²) in [5, 5.41) is 5.67. The van der Waals surface area contributed by atoms with Gasteiger partial charge in [-0.3, -0.25) is 5.10 Å². The van der Waals surface area contributed by atoms with Crippen molar-refractivity contribution in [1.82, 2.24) is 10.2 Å². The van der Waals surface area contributed by atoms with Gasteiger partial charge >= 0.3 is 5.97 Å². The molecule has 1 aromatic rings. The van der Waals surface area contributed by atoms with E-state index in [1.807, 2.05) is 0 Å². The largest absolute Gasteiger partial charge is 0.461 e. The number of hydrogen-bond acceptors (Lipinski definition) is 5. The van der Waals surface area contributed by atoms with Gasteiger partial charge in [-0.05, 0) is 6.92 Å². The second-order valence-corrected chi connectivity index (χ2v) is 4.59. The summed E-state index contributed by atoms with van der Waals surface area (Å²) in [5.74, 6) is -0.640. The smallest absolute Gasteiger partial charge is 0.358 e. The van der Waals surface area contributed by atoms with Crippen molar-refractivity contribution in [2.45, 2.75) is 11.9 Å². The number of sulfone groups is 1. The third kappa shape index (κ3) is 2.32. The van der Waals surface area contributed by atoms with Crippen LogP contribution in [0.1, 0.15) is 17.4 Å². The standard InChI is InChI=1S/C7H10N2O4S/c1-3-13-7(10)5-4-6(9-8-5)14(2,11)12/h4H,3H2,1-2H3,(H,8,9). The van der Waals surface area contributed by atoms with Gasteiger partial charge in [0.1, 0.15) is 0 Å². The van der Waals surface area contributed by atoms with Crippen molar-refractivity contribution in [2.24, 2.45) is 0 Å². The lowest BCUT2D eigenvalue weighted by molar-refractivity contribution is 0.0519. The van der Waals surface area contributed by atoms with Crippen LogP contribution in [0.3, 0.4) is 0 Å². The molecule has 0 radical (unpaired) electrons. The van der Waals surface area contributed by atoms with Crippen molar-refractivity contribution >= 4 is 15.8 Å². The first kappa shape index (κ1) is 10.7. The maximum absolute atomic E-state index is 11.1. The maximum Gasteiger partial charge on any atom is 0.358 e. The fourth-order valence-electron chi connectivity index (χ4n) is 0.804. The average molecular weight is 218 g/mol. The zero-order valence-electron chi connectivity index (χ0n) is 7.77. The zero-order chi connectivity index (χ0) is 10.8. The minimum atomic E-state index is -3.36. The molecule has 0 aliphatic heterocycles. The van der Waals surface area contributed by atoms with Gasteiger partial charge < -0.3 is 4.74 Å². The molecule has 0 aliphatic carbocycles. The number of ether oxygens (including phenoxy) is 1. The quantitative estimate of drug-likeness (QED) is 0.721. The van der Waals surface area contributed by atoms with Crippen molar-refractivity contribution in [3.8, 4) is 0 Å². The summed E-state index contributed by atoms with van der Waals surface area (Å²) >= 11 is 0. The predicted octanol–water partition coefficient (Wildman–Crippen LogP) is -0.0101. The van der Waals surface area contributed by atoms with Crippen LogP contribution in [0, 0.1) is 0 Å². The van der Waals surface area contributed by atoms with Crippen LogP contribution < -0.4 is 0 Å². The summed E-state index contributed by atoms with van der Waals surface area (Å²) in [5.41, 5.74) is -0.0349. The molecule has 7 heteroatoms. The number of H-pyrrole nitrogens is 1. The van der Waals surface area contributed by atoms with E-state index in [2.05, 4.69) is 14.9 Å². The number of carbonyl (C=O) groups excluding carboxylic acids is 1. The Morgan fingerprint density at radius 3 is 2.71 bits per heavy atom. The predicted molar refractivity (Wildman–Crippen MR) is 47.7 cm³/mol. The first-order valence-electron chi connectivity index (χ1n) is 3.87. The number of nitrogens with one attached hydrogen (secondary N) is 1. The van der Waals surface area contributed by atoms with E-state index in [-0.39, 0.29) is 17.3 Å². The highest BCUT2D eigenvalue weighted by Gasteiger charge is 2.16. The molecule has 6 nitrogen and oxygen atoms in total. The van der Waals surface area contributed by atoms with E-state index < -0.39 is 15.8 Å². The molecule has 1 N–H and O–H groups in total. The van der Waals surface area contributed by atoms with E-state index in [0.29, 0.717) is 0 Å². The molecule has 0 spiro atoms. The lowest BCUT2D eigenvalue weighted by Crippen LogP contribution is -2.04.